The minimum Gasteiger partial charge on any atom is -0.489 e. The minimum atomic E-state index is -1.53. The molecule has 0 unspecified atom stereocenters. The van der Waals surface area contributed by atoms with Gasteiger partial charge in [-0.15, -0.1) is 12.4 Å². The molecule has 14 heavy (non-hydrogen) atoms. The fraction of sp³-hybridized carbons (Fsp3) is 0.250. The van der Waals surface area contributed by atoms with Crippen molar-refractivity contribution in [2.75, 3.05) is 13.2 Å². The molecule has 0 atom stereocenters. The summed E-state index contributed by atoms with van der Waals surface area (Å²) in [6.45, 7) is 0.237. The summed E-state index contributed by atoms with van der Waals surface area (Å²) in [5.74, 6) is -4.43. The summed E-state index contributed by atoms with van der Waals surface area (Å²) in [4.78, 5) is 0. The molecule has 6 heteroatoms. The van der Waals surface area contributed by atoms with E-state index in [0.717, 1.165) is 12.1 Å². The van der Waals surface area contributed by atoms with Crippen LogP contribution < -0.4 is 10.5 Å². The van der Waals surface area contributed by atoms with Gasteiger partial charge in [0, 0.05) is 6.54 Å². The van der Waals surface area contributed by atoms with E-state index in [0.29, 0.717) is 0 Å². The first-order valence-corrected chi connectivity index (χ1v) is 3.63. The number of benzene rings is 1. The molecule has 0 saturated carbocycles. The Morgan fingerprint density at radius 2 is 1.79 bits per heavy atom. The number of rotatable bonds is 3. The number of hydrogen-bond acceptors (Lipinski definition) is 2. The van der Waals surface area contributed by atoms with Crippen LogP contribution >= 0.6 is 12.4 Å². The van der Waals surface area contributed by atoms with Gasteiger partial charge >= 0.3 is 0 Å². The fourth-order valence-electron chi connectivity index (χ4n) is 0.789. The molecule has 0 aliphatic rings. The van der Waals surface area contributed by atoms with E-state index >= 15 is 0 Å². The van der Waals surface area contributed by atoms with Crippen LogP contribution in [0.1, 0.15) is 0 Å². The van der Waals surface area contributed by atoms with E-state index in [4.69, 9.17) is 10.5 Å². The summed E-state index contributed by atoms with van der Waals surface area (Å²) in [5.41, 5.74) is 5.08. The van der Waals surface area contributed by atoms with Gasteiger partial charge in [-0.1, -0.05) is 0 Å². The molecule has 0 amide bonds. The summed E-state index contributed by atoms with van der Waals surface area (Å²) < 4.78 is 42.5. The molecule has 0 aliphatic heterocycles. The molecule has 1 aromatic rings. The van der Waals surface area contributed by atoms with E-state index in [9.17, 15) is 13.2 Å². The second kappa shape index (κ2) is 5.72. The van der Waals surface area contributed by atoms with Crippen molar-refractivity contribution in [3.05, 3.63) is 29.6 Å². The van der Waals surface area contributed by atoms with Gasteiger partial charge in [0.2, 0.25) is 5.82 Å². The van der Waals surface area contributed by atoms with E-state index in [1.807, 2.05) is 0 Å². The third kappa shape index (κ3) is 2.78. The minimum absolute atomic E-state index is 0. The summed E-state index contributed by atoms with van der Waals surface area (Å²) in [6, 6.07) is 1.81. The molecule has 0 bridgehead atoms. The molecule has 1 aromatic carbocycles. The van der Waals surface area contributed by atoms with Crippen LogP contribution in [0.25, 0.3) is 0 Å². The second-order valence-electron chi connectivity index (χ2n) is 2.31. The van der Waals surface area contributed by atoms with E-state index in [-0.39, 0.29) is 31.3 Å². The predicted octanol–water partition coefficient (Wildman–Crippen LogP) is 1.86. The molecule has 0 aromatic heterocycles. The Morgan fingerprint density at radius 1 is 1.14 bits per heavy atom. The molecule has 2 nitrogen and oxygen atoms in total. The van der Waals surface area contributed by atoms with Crippen molar-refractivity contribution in [3.63, 3.8) is 0 Å². The first kappa shape index (κ1) is 13.1. The number of nitrogens with two attached hydrogens (primary N) is 1. The van der Waals surface area contributed by atoms with Gasteiger partial charge in [-0.05, 0) is 12.1 Å². The van der Waals surface area contributed by atoms with Gasteiger partial charge < -0.3 is 10.5 Å². The lowest BCUT2D eigenvalue weighted by Gasteiger charge is -2.05. The van der Waals surface area contributed by atoms with Crippen LogP contribution in [0.3, 0.4) is 0 Å². The average Bonchev–Trinajstić information content (AvgIpc) is 2.13. The maximum atomic E-state index is 12.8. The summed E-state index contributed by atoms with van der Waals surface area (Å²) in [7, 11) is 0. The Bertz CT molecular complexity index is 309. The van der Waals surface area contributed by atoms with Gasteiger partial charge in [-0.2, -0.15) is 4.39 Å². The second-order valence-corrected chi connectivity index (χ2v) is 2.31. The van der Waals surface area contributed by atoms with Crippen molar-refractivity contribution in [2.24, 2.45) is 5.73 Å². The van der Waals surface area contributed by atoms with Crippen LogP contribution in [0.5, 0.6) is 5.75 Å². The van der Waals surface area contributed by atoms with Gasteiger partial charge in [0.05, 0.1) is 0 Å². The van der Waals surface area contributed by atoms with Gasteiger partial charge in [0.25, 0.3) is 0 Å². The highest BCUT2D eigenvalue weighted by Gasteiger charge is 2.13. The van der Waals surface area contributed by atoms with Gasteiger partial charge in [0.15, 0.2) is 17.4 Å². The Hall–Kier alpha value is -0.940. The Morgan fingerprint density at radius 3 is 2.36 bits per heavy atom. The number of ether oxygens (including phenoxy) is 1. The third-order valence-corrected chi connectivity index (χ3v) is 1.38. The smallest absolute Gasteiger partial charge is 0.203 e. The highest BCUT2D eigenvalue weighted by Crippen LogP contribution is 2.21. The maximum absolute atomic E-state index is 12.8. The number of halogens is 4. The van der Waals surface area contributed by atoms with Crippen LogP contribution in [0.4, 0.5) is 13.2 Å². The van der Waals surface area contributed by atoms with E-state index in [1.54, 1.807) is 0 Å². The van der Waals surface area contributed by atoms with Crippen molar-refractivity contribution < 1.29 is 17.9 Å². The molecule has 0 heterocycles. The lowest BCUT2D eigenvalue weighted by atomic mass is 10.3. The molecule has 1 rings (SSSR count). The zero-order chi connectivity index (χ0) is 9.84. The highest BCUT2D eigenvalue weighted by atomic mass is 35.5. The lowest BCUT2D eigenvalue weighted by Crippen LogP contribution is -2.11. The Kier molecular flexibility index (Phi) is 5.34. The summed E-state index contributed by atoms with van der Waals surface area (Å²) in [5, 5.41) is 0. The predicted molar refractivity (Wildman–Crippen MR) is 48.1 cm³/mol. The van der Waals surface area contributed by atoms with E-state index < -0.39 is 17.5 Å². The Labute approximate surface area is 85.3 Å². The number of hydrogen-bond donors (Lipinski definition) is 1. The standard InChI is InChI=1S/C8H8F3NO.ClH/c9-5-1-2-6(13-4-3-12)8(11)7(5)10;/h1-2H,3-4,12H2;1H. The van der Waals surface area contributed by atoms with Crippen LogP contribution in [-0.2, 0) is 0 Å². The van der Waals surface area contributed by atoms with Crippen molar-refractivity contribution >= 4 is 12.4 Å². The van der Waals surface area contributed by atoms with Crippen molar-refractivity contribution in [3.8, 4) is 5.75 Å². The van der Waals surface area contributed by atoms with Crippen molar-refractivity contribution in [1.29, 1.82) is 0 Å². The topological polar surface area (TPSA) is 35.2 Å². The summed E-state index contributed by atoms with van der Waals surface area (Å²) >= 11 is 0. The zero-order valence-corrected chi connectivity index (χ0v) is 7.91. The fourth-order valence-corrected chi connectivity index (χ4v) is 0.789. The third-order valence-electron chi connectivity index (χ3n) is 1.38. The molecular formula is C8H9ClF3NO. The quantitative estimate of drug-likeness (QED) is 0.800. The zero-order valence-electron chi connectivity index (χ0n) is 7.10. The first-order valence-electron chi connectivity index (χ1n) is 3.63. The molecule has 0 radical (unpaired) electrons. The van der Waals surface area contributed by atoms with E-state index in [2.05, 4.69) is 0 Å². The van der Waals surface area contributed by atoms with Gasteiger partial charge in [0.1, 0.15) is 6.61 Å². The van der Waals surface area contributed by atoms with Crippen molar-refractivity contribution in [2.45, 2.75) is 0 Å². The van der Waals surface area contributed by atoms with Gasteiger partial charge in [-0.3, -0.25) is 0 Å². The van der Waals surface area contributed by atoms with E-state index in [1.165, 1.54) is 0 Å². The first-order chi connectivity index (χ1) is 6.16. The SMILES string of the molecule is Cl.NCCOc1ccc(F)c(F)c1F. The van der Waals surface area contributed by atoms with Gasteiger partial charge in [-0.25, -0.2) is 8.78 Å². The van der Waals surface area contributed by atoms with Crippen molar-refractivity contribution in [1.82, 2.24) is 0 Å². The lowest BCUT2D eigenvalue weighted by molar-refractivity contribution is 0.300. The average molecular weight is 228 g/mol. The molecule has 2 N–H and O–H groups in total. The largest absolute Gasteiger partial charge is 0.489 e. The molecule has 0 aliphatic carbocycles. The van der Waals surface area contributed by atoms with Crippen LogP contribution in [0.2, 0.25) is 0 Å². The maximum Gasteiger partial charge on any atom is 0.203 e. The Balaban J connectivity index is 0.00000169. The highest BCUT2D eigenvalue weighted by molar-refractivity contribution is 5.85. The van der Waals surface area contributed by atoms with Crippen LogP contribution in [0.15, 0.2) is 12.1 Å². The molecule has 0 spiro atoms. The normalized spacial score (nSPS) is 9.43. The molecular weight excluding hydrogens is 219 g/mol. The van der Waals surface area contributed by atoms with Crippen LogP contribution in [-0.4, -0.2) is 13.2 Å². The monoisotopic (exact) mass is 227 g/mol. The summed E-state index contributed by atoms with van der Waals surface area (Å²) in [6.07, 6.45) is 0. The van der Waals surface area contributed by atoms with Crippen LogP contribution in [0, 0.1) is 17.5 Å². The molecule has 0 saturated heterocycles. The molecule has 80 valence electrons. The molecule has 0 fully saturated rings.